The number of nitrogens with one attached hydrogen (secondary N) is 1. The van der Waals surface area contributed by atoms with Gasteiger partial charge < -0.3 is 28.8 Å². The number of phosphoric acid groups is 1. The van der Waals surface area contributed by atoms with Gasteiger partial charge in [-0.15, -0.1) is 0 Å². The number of unbranched alkanes of at least 4 members (excludes halogenated alkanes) is 9. The topological polar surface area (TPSA) is 108 Å². The number of quaternary nitrogens is 1. The number of amides is 1. The number of rotatable bonds is 40. The van der Waals surface area contributed by atoms with Crippen LogP contribution in [0.25, 0.3) is 0 Å². The van der Waals surface area contributed by atoms with Crippen LogP contribution in [0.3, 0.4) is 0 Å². The van der Waals surface area contributed by atoms with E-state index in [-0.39, 0.29) is 18.9 Å². The Morgan fingerprint density at radius 1 is 0.590 bits per heavy atom. The molecule has 0 rings (SSSR count). The van der Waals surface area contributed by atoms with Crippen LogP contribution in [0, 0.1) is 0 Å². The van der Waals surface area contributed by atoms with Crippen molar-refractivity contribution in [2.45, 2.75) is 161 Å². The molecule has 0 aliphatic carbocycles. The Kier molecular flexibility index (Phi) is 40.1. The maximum Gasteiger partial charge on any atom is 0.268 e. The molecule has 0 aliphatic rings. The first-order valence-electron chi connectivity index (χ1n) is 23.4. The molecule has 0 saturated heterocycles. The monoisotopic (exact) mass is 867 g/mol. The van der Waals surface area contributed by atoms with Crippen LogP contribution >= 0.6 is 7.82 Å². The zero-order valence-electron chi connectivity index (χ0n) is 39.1. The van der Waals surface area contributed by atoms with E-state index in [1.165, 1.54) is 38.5 Å². The third-order valence-electron chi connectivity index (χ3n) is 9.41. The van der Waals surface area contributed by atoms with Gasteiger partial charge >= 0.3 is 0 Å². The van der Waals surface area contributed by atoms with Crippen LogP contribution in [0.5, 0.6) is 0 Å². The third-order valence-corrected chi connectivity index (χ3v) is 10.4. The fourth-order valence-electron chi connectivity index (χ4n) is 5.71. The number of carbonyl (C=O) groups is 1. The minimum Gasteiger partial charge on any atom is -0.756 e. The van der Waals surface area contributed by atoms with E-state index in [1.54, 1.807) is 6.08 Å². The number of phosphoric ester groups is 1. The molecular weight excluding hydrogens is 780 g/mol. The summed E-state index contributed by atoms with van der Waals surface area (Å²) in [6.07, 6.45) is 62.6. The van der Waals surface area contributed by atoms with E-state index in [2.05, 4.69) is 129 Å². The average Bonchev–Trinajstić information content (AvgIpc) is 3.21. The summed E-state index contributed by atoms with van der Waals surface area (Å²) in [6, 6.07) is -0.934. The van der Waals surface area contributed by atoms with Gasteiger partial charge in [-0.3, -0.25) is 9.36 Å². The number of aliphatic hydroxyl groups excluding tert-OH is 1. The second-order valence-electron chi connectivity index (χ2n) is 16.4. The molecule has 9 heteroatoms. The Morgan fingerprint density at radius 3 is 1.52 bits per heavy atom. The fraction of sp³-hybridized carbons (Fsp3) is 0.596. The van der Waals surface area contributed by atoms with Crippen LogP contribution in [-0.2, 0) is 18.4 Å². The van der Waals surface area contributed by atoms with Crippen molar-refractivity contribution >= 4 is 13.7 Å². The van der Waals surface area contributed by atoms with Crippen molar-refractivity contribution in [1.82, 2.24) is 5.32 Å². The van der Waals surface area contributed by atoms with E-state index in [9.17, 15) is 19.4 Å². The van der Waals surface area contributed by atoms with Crippen molar-refractivity contribution in [3.05, 3.63) is 122 Å². The summed E-state index contributed by atoms with van der Waals surface area (Å²) in [5.74, 6) is -0.258. The van der Waals surface area contributed by atoms with Gasteiger partial charge in [-0.25, -0.2) is 0 Å². The molecule has 0 spiro atoms. The highest BCUT2D eigenvalue weighted by atomic mass is 31.2. The minimum absolute atomic E-state index is 0.0226. The summed E-state index contributed by atoms with van der Waals surface area (Å²) in [4.78, 5) is 25.3. The Balaban J connectivity index is 4.46. The Bertz CT molecular complexity index is 1400. The highest BCUT2D eigenvalue weighted by Gasteiger charge is 2.23. The van der Waals surface area contributed by atoms with Gasteiger partial charge in [-0.05, 0) is 96.3 Å². The molecule has 0 fully saturated rings. The Morgan fingerprint density at radius 2 is 1.02 bits per heavy atom. The lowest BCUT2D eigenvalue weighted by molar-refractivity contribution is -0.870. The molecule has 61 heavy (non-hydrogen) atoms. The van der Waals surface area contributed by atoms with Crippen LogP contribution in [-0.4, -0.2) is 68.5 Å². The molecule has 0 aliphatic heterocycles. The molecule has 2 N–H and O–H groups in total. The van der Waals surface area contributed by atoms with E-state index >= 15 is 0 Å². The van der Waals surface area contributed by atoms with Gasteiger partial charge in [-0.2, -0.15) is 0 Å². The lowest BCUT2D eigenvalue weighted by atomic mass is 10.1. The van der Waals surface area contributed by atoms with Crippen LogP contribution in [0.2, 0.25) is 0 Å². The number of carbonyl (C=O) groups excluding carboxylic acids is 1. The molecule has 8 nitrogen and oxygen atoms in total. The molecule has 0 bridgehead atoms. The van der Waals surface area contributed by atoms with E-state index in [1.807, 2.05) is 27.2 Å². The highest BCUT2D eigenvalue weighted by molar-refractivity contribution is 7.45. The van der Waals surface area contributed by atoms with Crippen molar-refractivity contribution in [2.75, 3.05) is 40.9 Å². The highest BCUT2D eigenvalue weighted by Crippen LogP contribution is 2.38. The molecule has 1 amide bonds. The Labute approximate surface area is 374 Å². The standard InChI is InChI=1S/C52H87N2O6P/c1-6-8-10-12-14-16-18-20-21-22-23-24-25-26-27-28-29-30-31-32-33-34-36-38-40-42-44-46-52(56)53-50(49-60-61(57,58)59-48-47-54(3,4)5)51(55)45-43-41-39-37-35-19-17-15-13-11-9-7-2/h8,10,14,16,20-21,23-24,26-27,29-30,32-33,35-38,43,45,50-51,55H,6-7,9,11-13,15,17-19,22,25,28,31,34,39-42,44,46-49H2,1-5H3,(H-,53,56,57,58)/b10-8-,16-14-,21-20-,24-23-,27-26-,30-29-,33-32-,37-35+,38-36-,45-43+. The van der Waals surface area contributed by atoms with E-state index in [0.29, 0.717) is 17.4 Å². The van der Waals surface area contributed by atoms with Crippen LogP contribution in [0.15, 0.2) is 122 Å². The second kappa shape index (κ2) is 42.2. The lowest BCUT2D eigenvalue weighted by Gasteiger charge is -2.29. The molecule has 0 radical (unpaired) electrons. The first-order chi connectivity index (χ1) is 29.5. The van der Waals surface area contributed by atoms with Gasteiger partial charge in [0, 0.05) is 6.42 Å². The normalized spacial score (nSPS) is 15.3. The summed E-state index contributed by atoms with van der Waals surface area (Å²) in [5.41, 5.74) is 0. The minimum atomic E-state index is -4.62. The van der Waals surface area contributed by atoms with Crippen molar-refractivity contribution in [3.63, 3.8) is 0 Å². The maximum absolute atomic E-state index is 12.8. The number of hydrogen-bond donors (Lipinski definition) is 2. The summed E-state index contributed by atoms with van der Waals surface area (Å²) >= 11 is 0. The largest absolute Gasteiger partial charge is 0.756 e. The van der Waals surface area contributed by atoms with E-state index in [0.717, 1.165) is 83.5 Å². The average molecular weight is 867 g/mol. The zero-order chi connectivity index (χ0) is 45.0. The lowest BCUT2D eigenvalue weighted by Crippen LogP contribution is -2.45. The second-order valence-corrected chi connectivity index (χ2v) is 17.8. The van der Waals surface area contributed by atoms with Gasteiger partial charge in [0.05, 0.1) is 39.9 Å². The molecule has 3 atom stereocenters. The van der Waals surface area contributed by atoms with E-state index in [4.69, 9.17) is 9.05 Å². The smallest absolute Gasteiger partial charge is 0.268 e. The van der Waals surface area contributed by atoms with Gasteiger partial charge in [0.15, 0.2) is 0 Å². The first-order valence-corrected chi connectivity index (χ1v) is 24.9. The number of nitrogens with zero attached hydrogens (tertiary/aromatic N) is 1. The van der Waals surface area contributed by atoms with Gasteiger partial charge in [0.25, 0.3) is 7.82 Å². The van der Waals surface area contributed by atoms with E-state index < -0.39 is 26.6 Å². The van der Waals surface area contributed by atoms with Gasteiger partial charge in [-0.1, -0.05) is 167 Å². The summed E-state index contributed by atoms with van der Waals surface area (Å²) in [5, 5.41) is 13.7. The predicted molar refractivity (Wildman–Crippen MR) is 260 cm³/mol. The SMILES string of the molecule is CC/C=C\C/C=C\C/C=C\C/C=C\C/C=C\C/C=C\C/C=C\C/C=C\CCCCC(=O)NC(COP(=O)([O-])OCC[N+](C)(C)C)C(O)/C=C/CC/C=C/CCCCCCCC. The zero-order valence-corrected chi connectivity index (χ0v) is 39.9. The van der Waals surface area contributed by atoms with Gasteiger partial charge in [0.1, 0.15) is 13.2 Å². The number of hydrogen-bond acceptors (Lipinski definition) is 6. The molecule has 0 aromatic carbocycles. The molecule has 3 unspecified atom stereocenters. The van der Waals surface area contributed by atoms with Crippen LogP contribution in [0.4, 0.5) is 0 Å². The third kappa shape index (κ3) is 44.8. The Hall–Kier alpha value is -3.10. The number of likely N-dealkylation sites (N-methyl/N-ethyl adjacent to an activating group) is 1. The molecule has 0 heterocycles. The summed E-state index contributed by atoms with van der Waals surface area (Å²) < 4.78 is 23.1. The number of aliphatic hydroxyl groups is 1. The summed E-state index contributed by atoms with van der Waals surface area (Å²) in [6.45, 7) is 4.42. The first kappa shape index (κ1) is 57.9. The van der Waals surface area contributed by atoms with Crippen LogP contribution < -0.4 is 10.2 Å². The molecule has 0 aromatic heterocycles. The van der Waals surface area contributed by atoms with Crippen LogP contribution in [0.1, 0.15) is 149 Å². The summed E-state index contributed by atoms with van der Waals surface area (Å²) in [7, 11) is 1.19. The predicted octanol–water partition coefficient (Wildman–Crippen LogP) is 12.8. The van der Waals surface area contributed by atoms with Crippen molar-refractivity contribution in [1.29, 1.82) is 0 Å². The molecule has 0 saturated carbocycles. The fourth-order valence-corrected chi connectivity index (χ4v) is 6.43. The molecular formula is C52H87N2O6P. The van der Waals surface area contributed by atoms with Gasteiger partial charge in [0.2, 0.25) is 5.91 Å². The van der Waals surface area contributed by atoms with Crippen molar-refractivity contribution < 1.29 is 32.9 Å². The molecule has 0 aromatic rings. The van der Waals surface area contributed by atoms with Crippen molar-refractivity contribution in [3.8, 4) is 0 Å². The molecule has 346 valence electrons. The maximum atomic E-state index is 12.8. The quantitative estimate of drug-likeness (QED) is 0.0275. The van der Waals surface area contributed by atoms with Crippen molar-refractivity contribution in [2.24, 2.45) is 0 Å². The number of allylic oxidation sites excluding steroid dienone is 19.